The van der Waals surface area contributed by atoms with Crippen LogP contribution in [-0.4, -0.2) is 5.11 Å². The van der Waals surface area contributed by atoms with Crippen LogP contribution in [0.1, 0.15) is 37.7 Å². The van der Waals surface area contributed by atoms with E-state index < -0.39 is 5.60 Å². The second kappa shape index (κ2) is 4.33. The van der Waals surface area contributed by atoms with Crippen molar-refractivity contribution >= 4 is 0 Å². The van der Waals surface area contributed by atoms with Crippen molar-refractivity contribution in [2.24, 2.45) is 29.6 Å². The normalized spacial score (nSPS) is 41.1. The predicted octanol–water partition coefficient (Wildman–Crippen LogP) is 3.47. The molecule has 1 aromatic carbocycles. The van der Waals surface area contributed by atoms with Crippen molar-refractivity contribution in [3.8, 4) is 6.07 Å². The zero-order chi connectivity index (χ0) is 13.7. The molecule has 4 bridgehead atoms. The lowest BCUT2D eigenvalue weighted by Gasteiger charge is -2.57. The zero-order valence-electron chi connectivity index (χ0n) is 11.7. The van der Waals surface area contributed by atoms with Gasteiger partial charge in [-0.2, -0.15) is 5.26 Å². The third kappa shape index (κ3) is 1.66. The second-order valence-corrected chi connectivity index (χ2v) is 7.20. The maximum Gasteiger partial charge on any atom is 0.180 e. The largest absolute Gasteiger partial charge is 0.371 e. The summed E-state index contributed by atoms with van der Waals surface area (Å²) in [6.45, 7) is 0. The lowest BCUT2D eigenvalue weighted by molar-refractivity contribution is -0.121. The Hall–Kier alpha value is -1.33. The second-order valence-electron chi connectivity index (χ2n) is 7.20. The van der Waals surface area contributed by atoms with Crippen LogP contribution in [-0.2, 0) is 5.60 Å². The summed E-state index contributed by atoms with van der Waals surface area (Å²) in [5.41, 5.74) is -0.496. The predicted molar refractivity (Wildman–Crippen MR) is 76.5 cm³/mol. The van der Waals surface area contributed by atoms with Gasteiger partial charge in [0.15, 0.2) is 5.60 Å². The van der Waals surface area contributed by atoms with Gasteiger partial charge in [-0.15, -0.1) is 0 Å². The van der Waals surface area contributed by atoms with Crippen LogP contribution in [0.5, 0.6) is 0 Å². The van der Waals surface area contributed by atoms with E-state index in [0.717, 1.165) is 17.4 Å². The maximum atomic E-state index is 11.2. The smallest absolute Gasteiger partial charge is 0.180 e. The molecular formula is C18H21NO. The molecule has 4 aliphatic rings. The first-order valence-corrected chi connectivity index (χ1v) is 7.90. The third-order valence-electron chi connectivity index (χ3n) is 6.09. The molecule has 0 aliphatic heterocycles. The highest BCUT2D eigenvalue weighted by molar-refractivity contribution is 5.31. The van der Waals surface area contributed by atoms with Crippen LogP contribution in [0.2, 0.25) is 0 Å². The highest BCUT2D eigenvalue weighted by Crippen LogP contribution is 2.60. The minimum absolute atomic E-state index is 0.141. The summed E-state index contributed by atoms with van der Waals surface area (Å²) in [7, 11) is 0. The molecule has 1 atom stereocenters. The number of nitrogens with zero attached hydrogens (tertiary/aromatic N) is 1. The van der Waals surface area contributed by atoms with Gasteiger partial charge in [0.25, 0.3) is 0 Å². The van der Waals surface area contributed by atoms with Gasteiger partial charge in [-0.25, -0.2) is 0 Å². The monoisotopic (exact) mass is 267 g/mol. The summed E-state index contributed by atoms with van der Waals surface area (Å²) in [6.07, 6.45) is 6.32. The zero-order valence-corrected chi connectivity index (χ0v) is 11.7. The van der Waals surface area contributed by atoms with Crippen LogP contribution in [0.3, 0.4) is 0 Å². The number of nitriles is 1. The quantitative estimate of drug-likeness (QED) is 0.834. The van der Waals surface area contributed by atoms with E-state index in [4.69, 9.17) is 0 Å². The lowest BCUT2D eigenvalue weighted by atomic mass is 9.48. The van der Waals surface area contributed by atoms with Crippen LogP contribution in [0.4, 0.5) is 0 Å². The topological polar surface area (TPSA) is 44.0 Å². The van der Waals surface area contributed by atoms with Crippen molar-refractivity contribution < 1.29 is 5.11 Å². The van der Waals surface area contributed by atoms with Gasteiger partial charge in [-0.3, -0.25) is 0 Å². The van der Waals surface area contributed by atoms with Crippen molar-refractivity contribution in [2.45, 2.75) is 37.7 Å². The molecule has 20 heavy (non-hydrogen) atoms. The molecular weight excluding hydrogens is 246 g/mol. The molecule has 104 valence electrons. The number of hydrogen-bond donors (Lipinski definition) is 1. The van der Waals surface area contributed by atoms with Crippen LogP contribution >= 0.6 is 0 Å². The van der Waals surface area contributed by atoms with Crippen LogP contribution in [0.15, 0.2) is 30.3 Å². The fourth-order valence-corrected chi connectivity index (χ4v) is 5.63. The van der Waals surface area contributed by atoms with E-state index in [1.807, 2.05) is 30.3 Å². The molecule has 2 nitrogen and oxygen atoms in total. The maximum absolute atomic E-state index is 11.2. The highest BCUT2D eigenvalue weighted by atomic mass is 16.3. The number of rotatable bonds is 2. The van der Waals surface area contributed by atoms with E-state index in [0.29, 0.717) is 11.8 Å². The fourth-order valence-electron chi connectivity index (χ4n) is 5.63. The Balaban J connectivity index is 1.74. The molecule has 4 fully saturated rings. The molecule has 1 aromatic rings. The van der Waals surface area contributed by atoms with E-state index in [9.17, 15) is 10.4 Å². The van der Waals surface area contributed by atoms with Crippen LogP contribution < -0.4 is 0 Å². The van der Waals surface area contributed by atoms with E-state index in [1.54, 1.807) is 0 Å². The first-order chi connectivity index (χ1) is 9.70. The number of benzene rings is 1. The van der Waals surface area contributed by atoms with Gasteiger partial charge < -0.3 is 5.11 Å². The first-order valence-electron chi connectivity index (χ1n) is 7.90. The van der Waals surface area contributed by atoms with Crippen LogP contribution in [0, 0.1) is 40.9 Å². The molecule has 0 amide bonds. The average molecular weight is 267 g/mol. The summed E-state index contributed by atoms with van der Waals surface area (Å²) < 4.78 is 0. The van der Waals surface area contributed by atoms with E-state index >= 15 is 0 Å². The van der Waals surface area contributed by atoms with Crippen molar-refractivity contribution in [3.63, 3.8) is 0 Å². The SMILES string of the molecule is N#CC(O)(c1ccccc1)C1C2CC3CC(C2)CC1C3. The summed E-state index contributed by atoms with van der Waals surface area (Å²) in [5.74, 6) is 2.98. The molecule has 4 aliphatic carbocycles. The Morgan fingerprint density at radius 1 is 0.950 bits per heavy atom. The summed E-state index contributed by atoms with van der Waals surface area (Å²) in [4.78, 5) is 0. The molecule has 0 saturated heterocycles. The van der Waals surface area contributed by atoms with E-state index in [2.05, 4.69) is 6.07 Å². The molecule has 0 radical (unpaired) electrons. The molecule has 0 spiro atoms. The average Bonchev–Trinajstić information content (AvgIpc) is 2.46. The molecule has 1 N–H and O–H groups in total. The number of aliphatic hydroxyl groups is 1. The molecule has 0 heterocycles. The van der Waals surface area contributed by atoms with Gasteiger partial charge in [0, 0.05) is 5.92 Å². The van der Waals surface area contributed by atoms with Crippen molar-refractivity contribution in [1.29, 1.82) is 5.26 Å². The molecule has 5 rings (SSSR count). The van der Waals surface area contributed by atoms with Crippen molar-refractivity contribution in [1.82, 2.24) is 0 Å². The van der Waals surface area contributed by atoms with E-state index in [1.165, 1.54) is 32.1 Å². The Morgan fingerprint density at radius 2 is 1.50 bits per heavy atom. The first kappa shape index (κ1) is 12.4. The highest BCUT2D eigenvalue weighted by Gasteiger charge is 2.56. The van der Waals surface area contributed by atoms with Gasteiger partial charge in [0.2, 0.25) is 0 Å². The summed E-state index contributed by atoms with van der Waals surface area (Å²) >= 11 is 0. The Morgan fingerprint density at radius 3 is 2.00 bits per heavy atom. The Kier molecular flexibility index (Phi) is 2.69. The molecule has 2 heteroatoms. The molecule has 1 unspecified atom stereocenters. The minimum Gasteiger partial charge on any atom is -0.371 e. The van der Waals surface area contributed by atoms with Gasteiger partial charge >= 0.3 is 0 Å². The summed E-state index contributed by atoms with van der Waals surface area (Å²) in [5, 5.41) is 20.9. The minimum atomic E-state index is -1.29. The lowest BCUT2D eigenvalue weighted by Crippen LogP contribution is -2.53. The fraction of sp³-hybridized carbons (Fsp3) is 0.611. The van der Waals surface area contributed by atoms with Gasteiger partial charge in [-0.1, -0.05) is 30.3 Å². The Labute approximate surface area is 120 Å². The third-order valence-corrected chi connectivity index (χ3v) is 6.09. The van der Waals surface area contributed by atoms with Crippen molar-refractivity contribution in [2.75, 3.05) is 0 Å². The van der Waals surface area contributed by atoms with Gasteiger partial charge in [0.05, 0.1) is 0 Å². The van der Waals surface area contributed by atoms with Crippen molar-refractivity contribution in [3.05, 3.63) is 35.9 Å². The van der Waals surface area contributed by atoms with Gasteiger partial charge in [0.1, 0.15) is 6.07 Å². The molecule has 0 aromatic heterocycles. The molecule has 4 saturated carbocycles. The van der Waals surface area contributed by atoms with E-state index in [-0.39, 0.29) is 5.92 Å². The Bertz CT molecular complexity index is 518. The summed E-state index contributed by atoms with van der Waals surface area (Å²) in [6, 6.07) is 11.9. The van der Waals surface area contributed by atoms with Gasteiger partial charge in [-0.05, 0) is 61.3 Å². The standard InChI is InChI=1S/C18H21NO/c19-11-18(20,16-4-2-1-3-5-16)17-14-7-12-6-13(9-14)10-15(17)8-12/h1-5,12-15,17,20H,6-10H2. The van der Waals surface area contributed by atoms with Crippen LogP contribution in [0.25, 0.3) is 0 Å². The number of hydrogen-bond acceptors (Lipinski definition) is 2.